The zero-order valence-electron chi connectivity index (χ0n) is 12.0. The van der Waals surface area contributed by atoms with E-state index in [4.69, 9.17) is 9.47 Å². The first-order valence-corrected chi connectivity index (χ1v) is 6.79. The van der Waals surface area contributed by atoms with Crippen molar-refractivity contribution >= 4 is 0 Å². The van der Waals surface area contributed by atoms with E-state index in [1.54, 1.807) is 12.4 Å². The lowest BCUT2D eigenvalue weighted by Gasteiger charge is -2.20. The van der Waals surface area contributed by atoms with Crippen molar-refractivity contribution < 1.29 is 9.47 Å². The molecule has 5 nitrogen and oxygen atoms in total. The molecule has 0 spiro atoms. The minimum Gasteiger partial charge on any atom is -0.476 e. The summed E-state index contributed by atoms with van der Waals surface area (Å²) in [6.45, 7) is 9.39. The average Bonchev–Trinajstić information content (AvgIpc) is 2.87. The summed E-state index contributed by atoms with van der Waals surface area (Å²) in [5, 5.41) is 3.37. The number of aromatic nitrogens is 2. The molecule has 1 N–H and O–H groups in total. The van der Waals surface area contributed by atoms with E-state index in [-0.39, 0.29) is 5.54 Å². The van der Waals surface area contributed by atoms with Crippen LogP contribution >= 0.6 is 0 Å². The third-order valence-corrected chi connectivity index (χ3v) is 2.97. The van der Waals surface area contributed by atoms with Crippen LogP contribution in [0.5, 0.6) is 5.88 Å². The molecule has 19 heavy (non-hydrogen) atoms. The van der Waals surface area contributed by atoms with E-state index >= 15 is 0 Å². The first-order chi connectivity index (χ1) is 9.03. The third kappa shape index (κ3) is 5.12. The maximum atomic E-state index is 5.62. The predicted octanol–water partition coefficient (Wildman–Crippen LogP) is 1.78. The van der Waals surface area contributed by atoms with Crippen LogP contribution in [0.3, 0.4) is 0 Å². The molecule has 1 unspecified atom stereocenters. The number of hydrogen-bond acceptors (Lipinski definition) is 5. The molecule has 5 heteroatoms. The normalized spacial score (nSPS) is 19.6. The summed E-state index contributed by atoms with van der Waals surface area (Å²) >= 11 is 0. The molecule has 1 fully saturated rings. The van der Waals surface area contributed by atoms with Gasteiger partial charge in [0, 0.05) is 24.6 Å². The highest BCUT2D eigenvalue weighted by atomic mass is 16.5. The van der Waals surface area contributed by atoms with Crippen LogP contribution < -0.4 is 10.1 Å². The van der Waals surface area contributed by atoms with E-state index in [1.165, 1.54) is 0 Å². The Morgan fingerprint density at radius 3 is 2.79 bits per heavy atom. The standard InChI is InChI=1S/C14H23N3O2/c1-14(2,3)17-7-12-6-16-13(8-15-12)19-10-11-4-5-18-9-11/h6,8,11,17H,4-5,7,9-10H2,1-3H3. The Bertz CT molecular complexity index is 381. The minimum absolute atomic E-state index is 0.0827. The van der Waals surface area contributed by atoms with Gasteiger partial charge in [-0.2, -0.15) is 0 Å². The van der Waals surface area contributed by atoms with Gasteiger partial charge in [0.1, 0.15) is 0 Å². The fourth-order valence-corrected chi connectivity index (χ4v) is 1.78. The molecule has 2 rings (SSSR count). The van der Waals surface area contributed by atoms with Crippen LogP contribution in [0.2, 0.25) is 0 Å². The summed E-state index contributed by atoms with van der Waals surface area (Å²) in [6, 6.07) is 0. The second kappa shape index (κ2) is 6.30. The Morgan fingerprint density at radius 2 is 2.21 bits per heavy atom. The maximum Gasteiger partial charge on any atom is 0.232 e. The number of rotatable bonds is 5. The van der Waals surface area contributed by atoms with Gasteiger partial charge in [0.05, 0.1) is 31.3 Å². The lowest BCUT2D eigenvalue weighted by molar-refractivity contribution is 0.165. The smallest absolute Gasteiger partial charge is 0.232 e. The Morgan fingerprint density at radius 1 is 1.37 bits per heavy atom. The van der Waals surface area contributed by atoms with Gasteiger partial charge in [-0.25, -0.2) is 4.98 Å². The van der Waals surface area contributed by atoms with Crippen molar-refractivity contribution in [1.82, 2.24) is 15.3 Å². The molecule has 1 atom stereocenters. The lowest BCUT2D eigenvalue weighted by Crippen LogP contribution is -2.35. The number of nitrogens with zero attached hydrogens (tertiary/aromatic N) is 2. The van der Waals surface area contributed by atoms with Crippen molar-refractivity contribution in [3.63, 3.8) is 0 Å². The topological polar surface area (TPSA) is 56.3 Å². The van der Waals surface area contributed by atoms with Gasteiger partial charge < -0.3 is 14.8 Å². The number of ether oxygens (including phenoxy) is 2. The molecule has 0 saturated carbocycles. The largest absolute Gasteiger partial charge is 0.476 e. The second-order valence-corrected chi connectivity index (χ2v) is 5.99. The molecule has 1 saturated heterocycles. The molecule has 0 bridgehead atoms. The van der Waals surface area contributed by atoms with Gasteiger partial charge in [0.2, 0.25) is 5.88 Å². The summed E-state index contributed by atoms with van der Waals surface area (Å²) in [7, 11) is 0. The van der Waals surface area contributed by atoms with Crippen LogP contribution in [-0.4, -0.2) is 35.3 Å². The Balaban J connectivity index is 1.77. The van der Waals surface area contributed by atoms with E-state index in [0.29, 0.717) is 24.9 Å². The highest BCUT2D eigenvalue weighted by molar-refractivity contribution is 5.07. The van der Waals surface area contributed by atoms with E-state index in [2.05, 4.69) is 36.1 Å². The van der Waals surface area contributed by atoms with E-state index in [9.17, 15) is 0 Å². The zero-order valence-corrected chi connectivity index (χ0v) is 12.0. The molecule has 0 aliphatic carbocycles. The van der Waals surface area contributed by atoms with Crippen molar-refractivity contribution in [3.05, 3.63) is 18.1 Å². The molecule has 1 aliphatic rings. The van der Waals surface area contributed by atoms with E-state index in [0.717, 1.165) is 25.3 Å². The fourth-order valence-electron chi connectivity index (χ4n) is 1.78. The number of nitrogens with one attached hydrogen (secondary N) is 1. The summed E-state index contributed by atoms with van der Waals surface area (Å²) in [6.07, 6.45) is 4.52. The Labute approximate surface area is 114 Å². The minimum atomic E-state index is 0.0827. The highest BCUT2D eigenvalue weighted by Crippen LogP contribution is 2.14. The maximum absolute atomic E-state index is 5.62. The van der Waals surface area contributed by atoms with Gasteiger partial charge in [-0.1, -0.05) is 0 Å². The quantitative estimate of drug-likeness (QED) is 0.879. The molecule has 1 aromatic heterocycles. The zero-order chi connectivity index (χ0) is 13.7. The molecule has 1 aromatic rings. The highest BCUT2D eigenvalue weighted by Gasteiger charge is 2.16. The first kappa shape index (κ1) is 14.2. The van der Waals surface area contributed by atoms with Gasteiger partial charge in [-0.3, -0.25) is 4.98 Å². The van der Waals surface area contributed by atoms with Gasteiger partial charge in [-0.05, 0) is 27.2 Å². The summed E-state index contributed by atoms with van der Waals surface area (Å²) in [5.41, 5.74) is 1.01. The molecule has 0 radical (unpaired) electrons. The molecule has 0 aromatic carbocycles. The SMILES string of the molecule is CC(C)(C)NCc1cnc(OCC2CCOC2)cn1. The monoisotopic (exact) mass is 265 g/mol. The van der Waals surface area contributed by atoms with E-state index in [1.807, 2.05) is 0 Å². The van der Waals surface area contributed by atoms with Crippen molar-refractivity contribution in [2.24, 2.45) is 5.92 Å². The molecular weight excluding hydrogens is 242 g/mol. The Kier molecular flexibility index (Phi) is 4.71. The fraction of sp³-hybridized carbons (Fsp3) is 0.714. The van der Waals surface area contributed by atoms with Crippen molar-refractivity contribution in [2.75, 3.05) is 19.8 Å². The van der Waals surface area contributed by atoms with Crippen LogP contribution in [0, 0.1) is 5.92 Å². The third-order valence-electron chi connectivity index (χ3n) is 2.97. The summed E-state index contributed by atoms with van der Waals surface area (Å²) in [4.78, 5) is 8.62. The van der Waals surface area contributed by atoms with Crippen LogP contribution in [0.1, 0.15) is 32.9 Å². The Hall–Kier alpha value is -1.20. The molecule has 106 valence electrons. The van der Waals surface area contributed by atoms with Gasteiger partial charge in [-0.15, -0.1) is 0 Å². The van der Waals surface area contributed by atoms with Crippen molar-refractivity contribution in [1.29, 1.82) is 0 Å². The summed E-state index contributed by atoms with van der Waals surface area (Å²) in [5.74, 6) is 1.08. The first-order valence-electron chi connectivity index (χ1n) is 6.79. The van der Waals surface area contributed by atoms with Crippen molar-refractivity contribution in [2.45, 2.75) is 39.3 Å². The van der Waals surface area contributed by atoms with Crippen LogP contribution in [0.25, 0.3) is 0 Å². The van der Waals surface area contributed by atoms with E-state index < -0.39 is 0 Å². The van der Waals surface area contributed by atoms with Crippen LogP contribution in [-0.2, 0) is 11.3 Å². The average molecular weight is 265 g/mol. The van der Waals surface area contributed by atoms with Crippen LogP contribution in [0.15, 0.2) is 12.4 Å². The lowest BCUT2D eigenvalue weighted by atomic mass is 10.1. The van der Waals surface area contributed by atoms with Crippen molar-refractivity contribution in [3.8, 4) is 5.88 Å². The molecular formula is C14H23N3O2. The number of hydrogen-bond donors (Lipinski definition) is 1. The molecule has 2 heterocycles. The summed E-state index contributed by atoms with van der Waals surface area (Å²) < 4.78 is 10.9. The van der Waals surface area contributed by atoms with Gasteiger partial charge in [0.25, 0.3) is 0 Å². The van der Waals surface area contributed by atoms with Gasteiger partial charge >= 0.3 is 0 Å². The van der Waals surface area contributed by atoms with Gasteiger partial charge in [0.15, 0.2) is 0 Å². The van der Waals surface area contributed by atoms with Crippen LogP contribution in [0.4, 0.5) is 0 Å². The molecule has 1 aliphatic heterocycles. The second-order valence-electron chi connectivity index (χ2n) is 5.99. The predicted molar refractivity (Wildman–Crippen MR) is 73.0 cm³/mol. The molecule has 0 amide bonds.